The number of hydrogen-bond acceptors (Lipinski definition) is 0. The Morgan fingerprint density at radius 3 is 1.64 bits per heavy atom. The fourth-order valence-corrected chi connectivity index (χ4v) is 33.3. The maximum atomic E-state index is 2.48. The molecule has 0 spiro atoms. The Bertz CT molecular complexity index is 730. The van der Waals surface area contributed by atoms with Crippen molar-refractivity contribution in [3.8, 4) is 0 Å². The summed E-state index contributed by atoms with van der Waals surface area (Å²) in [4.78, 5) is 0. The molecule has 0 fully saturated rings. The fraction of sp³-hybridized carbons (Fsp3) is 0.333. The van der Waals surface area contributed by atoms with Gasteiger partial charge in [-0.2, -0.15) is 0 Å². The largest absolute Gasteiger partial charge is 0.147 e. The van der Waals surface area contributed by atoms with E-state index in [1.165, 1.54) is 18.4 Å². The number of hydrogen-bond donors (Lipinski definition) is 0. The predicted molar refractivity (Wildman–Crippen MR) is 116 cm³/mol. The molecule has 0 aromatic heterocycles. The van der Waals surface area contributed by atoms with Crippen molar-refractivity contribution in [1.29, 1.82) is 0 Å². The van der Waals surface area contributed by atoms with Gasteiger partial charge < -0.3 is 0 Å². The molecule has 0 N–H and O–H groups in total. The van der Waals surface area contributed by atoms with E-state index >= 15 is 0 Å². The van der Waals surface area contributed by atoms with Gasteiger partial charge in [0.1, 0.15) is 0 Å². The zero-order valence-electron chi connectivity index (χ0n) is 15.9. The maximum absolute atomic E-state index is 2.48. The quantitative estimate of drug-likeness (QED) is 0.434. The van der Waals surface area contributed by atoms with Gasteiger partial charge in [0.25, 0.3) is 0 Å². The Hall–Kier alpha value is -0.153. The first-order valence-corrected chi connectivity index (χ1v) is 21.3. The summed E-state index contributed by atoms with van der Waals surface area (Å²) in [5.41, 5.74) is 7.92. The molecule has 4 heteroatoms. The van der Waals surface area contributed by atoms with E-state index in [9.17, 15) is 0 Å². The van der Waals surface area contributed by atoms with Gasteiger partial charge in [-0.25, -0.2) is 0 Å². The Morgan fingerprint density at radius 1 is 0.760 bits per heavy atom. The van der Waals surface area contributed by atoms with Crippen LogP contribution in [0.1, 0.15) is 46.1 Å². The van der Waals surface area contributed by atoms with Gasteiger partial charge in [0.05, 0.1) is 0 Å². The molecule has 0 unspecified atom stereocenters. The minimum absolute atomic E-state index is 0. The van der Waals surface area contributed by atoms with Gasteiger partial charge in [-0.05, 0) is 0 Å². The van der Waals surface area contributed by atoms with Gasteiger partial charge in [-0.15, -0.1) is 24.8 Å². The second-order valence-corrected chi connectivity index (χ2v) is 25.5. The van der Waals surface area contributed by atoms with E-state index in [1.54, 1.807) is 27.5 Å². The van der Waals surface area contributed by atoms with Gasteiger partial charge in [0.15, 0.2) is 0 Å². The second-order valence-electron chi connectivity index (χ2n) is 6.97. The first kappa shape index (κ1) is 22.9. The maximum Gasteiger partial charge on any atom is -0.147 e. The number of allylic oxidation sites excluding steroid dienone is 8. The van der Waals surface area contributed by atoms with E-state index in [1.807, 2.05) is 6.66 Å². The van der Waals surface area contributed by atoms with E-state index in [4.69, 9.17) is 0 Å². The predicted octanol–water partition coefficient (Wildman–Crippen LogP) is 5.41. The molecule has 25 heavy (non-hydrogen) atoms. The summed E-state index contributed by atoms with van der Waals surface area (Å²) in [5.74, 6) is 0. The molecule has 0 aliphatic heterocycles. The molecule has 0 saturated heterocycles. The summed E-state index contributed by atoms with van der Waals surface area (Å²) in [6.45, 7) is 11.5. The van der Waals surface area contributed by atoms with Gasteiger partial charge in [0.2, 0.25) is 0 Å². The Morgan fingerprint density at radius 2 is 1.24 bits per heavy atom. The molecular weight excluding hydrogens is 530 g/mol. The van der Waals surface area contributed by atoms with Crippen LogP contribution in [0.5, 0.6) is 0 Å². The molecule has 0 radical (unpaired) electrons. The van der Waals surface area contributed by atoms with Crippen molar-refractivity contribution in [3.05, 3.63) is 70.9 Å². The Labute approximate surface area is 174 Å². The van der Waals surface area contributed by atoms with Crippen molar-refractivity contribution < 1.29 is 20.6 Å². The van der Waals surface area contributed by atoms with Crippen LogP contribution in [0.15, 0.2) is 65.4 Å². The van der Waals surface area contributed by atoms with Gasteiger partial charge in [0, 0.05) is 0 Å². The average molecular weight is 559 g/mol. The zero-order valence-corrected chi connectivity index (χ0v) is 22.5. The molecule has 0 saturated carbocycles. The SMILES string of the molecule is CC1=CC[C]([Hf]([SiH2]c2ccccc2C)[C]2=C(C)C(C)=CC2)=C1C.Cl.Cl. The molecule has 0 nitrogen and oxygen atoms in total. The number of halogens is 2. The monoisotopic (exact) mass is 559 g/mol. The van der Waals surface area contributed by atoms with Gasteiger partial charge in [-0.1, -0.05) is 0 Å². The molecule has 1 aromatic carbocycles. The molecule has 3 rings (SSSR count). The van der Waals surface area contributed by atoms with Crippen LogP contribution in [0.25, 0.3) is 0 Å². The third kappa shape index (κ3) is 4.77. The molecular formula is C21H29Cl2HfSi. The molecule has 135 valence electrons. The second kappa shape index (κ2) is 9.69. The molecule has 0 bridgehead atoms. The van der Waals surface area contributed by atoms with Crippen LogP contribution in [-0.2, 0) is 20.6 Å². The van der Waals surface area contributed by atoms with Crippen molar-refractivity contribution in [2.75, 3.05) is 0 Å². The summed E-state index contributed by atoms with van der Waals surface area (Å²) in [7, 11) is 0. The van der Waals surface area contributed by atoms with E-state index in [0.717, 1.165) is 0 Å². The molecule has 1 aromatic rings. The van der Waals surface area contributed by atoms with Gasteiger partial charge in [-0.3, -0.25) is 0 Å². The van der Waals surface area contributed by atoms with Crippen molar-refractivity contribution in [2.24, 2.45) is 0 Å². The van der Waals surface area contributed by atoms with Gasteiger partial charge >= 0.3 is 151 Å². The Balaban J connectivity index is 0.00000156. The van der Waals surface area contributed by atoms with Crippen LogP contribution < -0.4 is 5.19 Å². The van der Waals surface area contributed by atoms with Crippen molar-refractivity contribution >= 4 is 36.7 Å². The van der Waals surface area contributed by atoms with Crippen LogP contribution in [0.3, 0.4) is 0 Å². The van der Waals surface area contributed by atoms with Crippen LogP contribution in [0, 0.1) is 6.92 Å². The van der Waals surface area contributed by atoms with Crippen molar-refractivity contribution in [3.63, 3.8) is 0 Å². The van der Waals surface area contributed by atoms with Crippen LogP contribution >= 0.6 is 24.8 Å². The number of benzene rings is 1. The molecule has 0 atom stereocenters. The van der Waals surface area contributed by atoms with Crippen LogP contribution in [0.4, 0.5) is 0 Å². The summed E-state index contributed by atoms with van der Waals surface area (Å²) in [5, 5.41) is 1.73. The minimum Gasteiger partial charge on any atom is -0.147 e. The van der Waals surface area contributed by atoms with Crippen molar-refractivity contribution in [2.45, 2.75) is 47.5 Å². The molecule has 0 heterocycles. The minimum atomic E-state index is -1.89. The van der Waals surface area contributed by atoms with E-state index < -0.39 is 20.6 Å². The summed E-state index contributed by atoms with van der Waals surface area (Å²) >= 11 is -1.89. The number of rotatable bonds is 4. The molecule has 2 aliphatic rings. The fourth-order valence-electron chi connectivity index (χ4n) is 3.69. The van der Waals surface area contributed by atoms with E-state index in [2.05, 4.69) is 71.0 Å². The molecule has 0 amide bonds. The van der Waals surface area contributed by atoms with Crippen LogP contribution in [-0.4, -0.2) is 6.71 Å². The third-order valence-corrected chi connectivity index (χ3v) is 31.5. The van der Waals surface area contributed by atoms with E-state index in [-0.39, 0.29) is 31.5 Å². The first-order chi connectivity index (χ1) is 11.0. The number of aryl methyl sites for hydroxylation is 1. The summed E-state index contributed by atoms with van der Waals surface area (Å²) in [6.07, 6.45) is 7.47. The van der Waals surface area contributed by atoms with E-state index in [0.29, 0.717) is 0 Å². The zero-order chi connectivity index (χ0) is 16.6. The van der Waals surface area contributed by atoms with Crippen LogP contribution in [0.2, 0.25) is 0 Å². The third-order valence-electron chi connectivity index (χ3n) is 5.67. The first-order valence-electron chi connectivity index (χ1n) is 8.64. The smallest absolute Gasteiger partial charge is 0.147 e. The average Bonchev–Trinajstić information content (AvgIpc) is 3.03. The summed E-state index contributed by atoms with van der Waals surface area (Å²) < 4.78 is 3.83. The topological polar surface area (TPSA) is 0 Å². The standard InChI is InChI=1S/C7H9Si.2C7H9.2ClH.Hf/c1-6-4-2-3-5-7(6)8;2*1-6-4-3-5-7(6)2;;;/h2-5H,8H2,1H3;2*4H,3H2,1-2H3;2*1H;. The normalized spacial score (nSPS) is 16.8. The molecule has 2 aliphatic carbocycles. The summed E-state index contributed by atoms with van der Waals surface area (Å²) in [6, 6.07) is 9.17. The Kier molecular flexibility index (Phi) is 8.87. The van der Waals surface area contributed by atoms with Crippen molar-refractivity contribution in [1.82, 2.24) is 0 Å².